The van der Waals surface area contributed by atoms with Crippen LogP contribution in [0.5, 0.6) is 0 Å². The lowest BCUT2D eigenvalue weighted by Crippen LogP contribution is -2.16. The second kappa shape index (κ2) is 6.68. The molecule has 0 aromatic carbocycles. The topological polar surface area (TPSA) is 68.1 Å². The first-order chi connectivity index (χ1) is 9.56. The number of aromatic nitrogens is 1. The first-order valence-corrected chi connectivity index (χ1v) is 7.41. The molecule has 0 saturated heterocycles. The van der Waals surface area contributed by atoms with Crippen molar-refractivity contribution in [2.45, 2.75) is 46.0 Å². The number of rotatable bonds is 5. The van der Waals surface area contributed by atoms with E-state index < -0.39 is 4.92 Å². The van der Waals surface area contributed by atoms with Gasteiger partial charge in [0, 0.05) is 12.6 Å². The molecule has 0 radical (unpaired) electrons. The van der Waals surface area contributed by atoms with Crippen LogP contribution in [0.3, 0.4) is 0 Å². The zero-order valence-electron chi connectivity index (χ0n) is 12.3. The Balaban J connectivity index is 1.81. The highest BCUT2D eigenvalue weighted by molar-refractivity contribution is 5.48. The van der Waals surface area contributed by atoms with Gasteiger partial charge < -0.3 is 5.32 Å². The van der Waals surface area contributed by atoms with Crippen molar-refractivity contribution in [3.63, 3.8) is 0 Å². The van der Waals surface area contributed by atoms with Crippen LogP contribution in [-0.2, 0) is 0 Å². The Morgan fingerprint density at radius 1 is 1.40 bits per heavy atom. The fraction of sp³-hybridized carbons (Fsp3) is 0.667. The quantitative estimate of drug-likeness (QED) is 0.654. The van der Waals surface area contributed by atoms with Crippen LogP contribution >= 0.6 is 0 Å². The molecule has 1 N–H and O–H groups in total. The van der Waals surface area contributed by atoms with E-state index in [1.807, 2.05) is 6.92 Å². The summed E-state index contributed by atoms with van der Waals surface area (Å²) in [5, 5.41) is 14.0. The lowest BCUT2D eigenvalue weighted by Gasteiger charge is -2.26. The van der Waals surface area contributed by atoms with Gasteiger partial charge in [-0.3, -0.25) is 10.1 Å². The average Bonchev–Trinajstić information content (AvgIpc) is 2.42. The number of nitro groups is 1. The lowest BCUT2D eigenvalue weighted by atomic mass is 9.81. The van der Waals surface area contributed by atoms with Crippen LogP contribution in [0.15, 0.2) is 12.3 Å². The molecule has 20 heavy (non-hydrogen) atoms. The summed E-state index contributed by atoms with van der Waals surface area (Å²) in [5.74, 6) is 2.47. The van der Waals surface area contributed by atoms with E-state index in [4.69, 9.17) is 0 Å². The van der Waals surface area contributed by atoms with Gasteiger partial charge >= 0.3 is 0 Å². The van der Waals surface area contributed by atoms with Crippen LogP contribution in [-0.4, -0.2) is 16.5 Å². The standard InChI is InChI=1S/C15H23N3O2/c1-11-3-5-13(6-4-11)7-8-16-15-12(2)9-14(10-17-15)18(19)20/h9-11,13H,3-8H2,1-2H3,(H,16,17). The minimum absolute atomic E-state index is 0.0503. The third kappa shape index (κ3) is 3.92. The molecular formula is C15H23N3O2. The molecule has 1 aliphatic rings. The minimum Gasteiger partial charge on any atom is -0.370 e. The fourth-order valence-electron chi connectivity index (χ4n) is 2.86. The number of aryl methyl sites for hydroxylation is 1. The van der Waals surface area contributed by atoms with E-state index in [0.717, 1.165) is 36.2 Å². The van der Waals surface area contributed by atoms with Gasteiger partial charge in [-0.25, -0.2) is 4.98 Å². The molecule has 1 heterocycles. The van der Waals surface area contributed by atoms with Crippen molar-refractivity contribution in [1.82, 2.24) is 4.98 Å². The fourth-order valence-corrected chi connectivity index (χ4v) is 2.86. The highest BCUT2D eigenvalue weighted by Crippen LogP contribution is 2.30. The van der Waals surface area contributed by atoms with Gasteiger partial charge in [-0.05, 0) is 30.7 Å². The molecule has 5 nitrogen and oxygen atoms in total. The van der Waals surface area contributed by atoms with E-state index in [0.29, 0.717) is 0 Å². The van der Waals surface area contributed by atoms with Gasteiger partial charge in [0.15, 0.2) is 0 Å². The number of hydrogen-bond acceptors (Lipinski definition) is 4. The molecule has 1 aromatic rings. The van der Waals surface area contributed by atoms with Crippen molar-refractivity contribution in [2.75, 3.05) is 11.9 Å². The Hall–Kier alpha value is -1.65. The van der Waals surface area contributed by atoms with E-state index in [2.05, 4.69) is 17.2 Å². The molecule has 1 fully saturated rings. The Labute approximate surface area is 119 Å². The summed E-state index contributed by atoms with van der Waals surface area (Å²) in [5.41, 5.74) is 0.880. The summed E-state index contributed by atoms with van der Waals surface area (Å²) in [4.78, 5) is 14.4. The van der Waals surface area contributed by atoms with Crippen LogP contribution in [0, 0.1) is 28.9 Å². The van der Waals surface area contributed by atoms with E-state index >= 15 is 0 Å². The largest absolute Gasteiger partial charge is 0.370 e. The van der Waals surface area contributed by atoms with Gasteiger partial charge in [-0.2, -0.15) is 0 Å². The molecule has 0 spiro atoms. The number of nitrogens with one attached hydrogen (secondary N) is 1. The van der Waals surface area contributed by atoms with Crippen molar-refractivity contribution in [3.05, 3.63) is 27.9 Å². The molecule has 5 heteroatoms. The average molecular weight is 277 g/mol. The van der Waals surface area contributed by atoms with Gasteiger partial charge in [-0.1, -0.05) is 32.6 Å². The first kappa shape index (κ1) is 14.8. The van der Waals surface area contributed by atoms with E-state index in [-0.39, 0.29) is 5.69 Å². The summed E-state index contributed by atoms with van der Waals surface area (Å²) in [6.07, 6.45) is 7.83. The molecule has 1 aliphatic carbocycles. The van der Waals surface area contributed by atoms with Gasteiger partial charge in [-0.15, -0.1) is 0 Å². The van der Waals surface area contributed by atoms with Gasteiger partial charge in [0.2, 0.25) is 0 Å². The smallest absolute Gasteiger partial charge is 0.287 e. The Morgan fingerprint density at radius 2 is 2.10 bits per heavy atom. The number of pyridine rings is 1. The van der Waals surface area contributed by atoms with Crippen molar-refractivity contribution in [1.29, 1.82) is 0 Å². The number of hydrogen-bond donors (Lipinski definition) is 1. The molecule has 1 saturated carbocycles. The van der Waals surface area contributed by atoms with E-state index in [9.17, 15) is 10.1 Å². The highest BCUT2D eigenvalue weighted by Gasteiger charge is 2.17. The van der Waals surface area contributed by atoms with Crippen LogP contribution in [0.4, 0.5) is 11.5 Å². The van der Waals surface area contributed by atoms with Crippen molar-refractivity contribution in [2.24, 2.45) is 11.8 Å². The summed E-state index contributed by atoms with van der Waals surface area (Å²) in [7, 11) is 0. The van der Waals surface area contributed by atoms with E-state index in [1.54, 1.807) is 6.07 Å². The highest BCUT2D eigenvalue weighted by atomic mass is 16.6. The summed E-state index contributed by atoms with van der Waals surface area (Å²) in [6.45, 7) is 5.08. The zero-order chi connectivity index (χ0) is 14.5. The predicted octanol–water partition coefficient (Wildman–Crippen LogP) is 3.93. The molecule has 1 aromatic heterocycles. The second-order valence-electron chi connectivity index (χ2n) is 5.96. The minimum atomic E-state index is -0.410. The Bertz CT molecular complexity index is 468. The van der Waals surface area contributed by atoms with Crippen LogP contribution < -0.4 is 5.32 Å². The predicted molar refractivity (Wildman–Crippen MR) is 79.9 cm³/mol. The van der Waals surface area contributed by atoms with Crippen LogP contribution in [0.25, 0.3) is 0 Å². The number of nitrogens with zero attached hydrogens (tertiary/aromatic N) is 2. The maximum absolute atomic E-state index is 10.7. The van der Waals surface area contributed by atoms with Crippen LogP contribution in [0.1, 0.15) is 44.6 Å². The van der Waals surface area contributed by atoms with Crippen LogP contribution in [0.2, 0.25) is 0 Å². The van der Waals surface area contributed by atoms with Crippen molar-refractivity contribution in [3.8, 4) is 0 Å². The third-order valence-electron chi connectivity index (χ3n) is 4.26. The molecule has 0 bridgehead atoms. The summed E-state index contributed by atoms with van der Waals surface area (Å²) in [6, 6.07) is 1.57. The van der Waals surface area contributed by atoms with Gasteiger partial charge in [0.1, 0.15) is 12.0 Å². The van der Waals surface area contributed by atoms with Crippen molar-refractivity contribution < 1.29 is 4.92 Å². The summed E-state index contributed by atoms with van der Waals surface area (Å²) < 4.78 is 0. The maximum Gasteiger partial charge on any atom is 0.287 e. The Morgan fingerprint density at radius 3 is 2.70 bits per heavy atom. The maximum atomic E-state index is 10.7. The Kier molecular flexibility index (Phi) is 4.93. The molecule has 2 rings (SSSR count). The van der Waals surface area contributed by atoms with Crippen molar-refractivity contribution >= 4 is 11.5 Å². The summed E-state index contributed by atoms with van der Waals surface area (Å²) >= 11 is 0. The molecule has 110 valence electrons. The molecule has 0 unspecified atom stereocenters. The van der Waals surface area contributed by atoms with Gasteiger partial charge in [0.25, 0.3) is 5.69 Å². The second-order valence-corrected chi connectivity index (χ2v) is 5.96. The third-order valence-corrected chi connectivity index (χ3v) is 4.26. The first-order valence-electron chi connectivity index (χ1n) is 7.41. The van der Waals surface area contributed by atoms with Gasteiger partial charge in [0.05, 0.1) is 4.92 Å². The number of anilines is 1. The van der Waals surface area contributed by atoms with E-state index in [1.165, 1.54) is 31.9 Å². The normalized spacial score (nSPS) is 22.5. The molecule has 0 aliphatic heterocycles. The monoisotopic (exact) mass is 277 g/mol. The zero-order valence-corrected chi connectivity index (χ0v) is 12.3. The molecule has 0 amide bonds. The SMILES string of the molecule is Cc1cc([N+](=O)[O-])cnc1NCCC1CCC(C)CC1. The lowest BCUT2D eigenvalue weighted by molar-refractivity contribution is -0.385. The molecular weight excluding hydrogens is 254 g/mol. The molecule has 0 atom stereocenters.